The Morgan fingerprint density at radius 3 is 2.60 bits per heavy atom. The summed E-state index contributed by atoms with van der Waals surface area (Å²) in [7, 11) is 0. The average Bonchev–Trinajstić information content (AvgIpc) is 2.44. The lowest BCUT2D eigenvalue weighted by atomic mass is 9.85. The Morgan fingerprint density at radius 2 is 2.00 bits per heavy atom. The molecule has 1 atom stereocenters. The highest BCUT2D eigenvalue weighted by Gasteiger charge is 2.25. The number of unbranched alkanes of at least 4 members (excludes halogenated alkanes) is 1. The highest BCUT2D eigenvalue weighted by atomic mass is 16.7. The van der Waals surface area contributed by atoms with Gasteiger partial charge in [-0.05, 0) is 18.8 Å². The largest absolute Gasteiger partial charge is 0.479 e. The monoisotopic (exact) mass is 287 g/mol. The van der Waals surface area contributed by atoms with E-state index in [-0.39, 0.29) is 0 Å². The average molecular weight is 287 g/mol. The molecule has 1 amide bonds. The van der Waals surface area contributed by atoms with Crippen LogP contribution in [0.15, 0.2) is 0 Å². The fraction of sp³-hybridized carbons (Fsp3) is 0.857. The highest BCUT2D eigenvalue weighted by molar-refractivity contribution is 5.73. The molecule has 1 fully saturated rings. The summed E-state index contributed by atoms with van der Waals surface area (Å²) in [6, 6.07) is 0. The van der Waals surface area contributed by atoms with Crippen molar-refractivity contribution in [2.45, 2.75) is 64.4 Å². The topological polar surface area (TPSA) is 84.9 Å². The zero-order valence-electron chi connectivity index (χ0n) is 12.1. The van der Waals surface area contributed by atoms with Crippen LogP contribution in [0.1, 0.15) is 58.3 Å². The van der Waals surface area contributed by atoms with Crippen LogP contribution in [0.25, 0.3) is 0 Å². The Labute approximate surface area is 119 Å². The van der Waals surface area contributed by atoms with E-state index in [2.05, 4.69) is 5.48 Å². The maximum Gasteiger partial charge on any atom is 0.431 e. The van der Waals surface area contributed by atoms with Gasteiger partial charge in [0.1, 0.15) is 0 Å². The first-order chi connectivity index (χ1) is 9.63. The molecule has 0 aromatic rings. The minimum absolute atomic E-state index is 0.312. The van der Waals surface area contributed by atoms with Crippen molar-refractivity contribution in [1.82, 2.24) is 5.48 Å². The summed E-state index contributed by atoms with van der Waals surface area (Å²) in [5.74, 6) is -0.688. The minimum atomic E-state index is -1.05. The molecule has 1 rings (SSSR count). The lowest BCUT2D eigenvalue weighted by Gasteiger charge is -2.24. The van der Waals surface area contributed by atoms with Gasteiger partial charge < -0.3 is 9.84 Å². The summed E-state index contributed by atoms with van der Waals surface area (Å²) in [6.45, 7) is 2.30. The molecule has 0 aliphatic heterocycles. The summed E-state index contributed by atoms with van der Waals surface area (Å²) in [4.78, 5) is 27.4. The first kappa shape index (κ1) is 16.8. The van der Waals surface area contributed by atoms with E-state index in [0.29, 0.717) is 18.9 Å². The zero-order valence-corrected chi connectivity index (χ0v) is 12.1. The molecule has 0 saturated heterocycles. The van der Waals surface area contributed by atoms with Crippen molar-refractivity contribution < 1.29 is 24.3 Å². The number of hydrogen-bond donors (Lipinski definition) is 2. The maximum atomic E-state index is 11.3. The third-order valence-corrected chi connectivity index (χ3v) is 3.56. The number of nitrogens with one attached hydrogen (secondary N) is 1. The molecule has 1 aliphatic rings. The predicted molar refractivity (Wildman–Crippen MR) is 73.1 cm³/mol. The van der Waals surface area contributed by atoms with Crippen LogP contribution in [-0.4, -0.2) is 29.9 Å². The van der Waals surface area contributed by atoms with Crippen molar-refractivity contribution >= 4 is 12.1 Å². The van der Waals surface area contributed by atoms with Crippen LogP contribution in [0, 0.1) is 5.92 Å². The predicted octanol–water partition coefficient (Wildman–Crippen LogP) is 2.87. The SMILES string of the molecule is CCCCOC(=O)NO[C@H](CC1CCCCC1)C(=O)O. The quantitative estimate of drug-likeness (QED) is 0.529. The summed E-state index contributed by atoms with van der Waals surface area (Å²) < 4.78 is 4.83. The van der Waals surface area contributed by atoms with Gasteiger partial charge in [-0.3, -0.25) is 4.84 Å². The van der Waals surface area contributed by atoms with Crippen molar-refractivity contribution in [3.63, 3.8) is 0 Å². The Balaban J connectivity index is 2.27. The van der Waals surface area contributed by atoms with E-state index in [4.69, 9.17) is 14.7 Å². The highest BCUT2D eigenvalue weighted by Crippen LogP contribution is 2.27. The van der Waals surface area contributed by atoms with Crippen molar-refractivity contribution in [3.8, 4) is 0 Å². The summed E-state index contributed by atoms with van der Waals surface area (Å²) in [5, 5.41) is 9.11. The molecule has 1 aliphatic carbocycles. The van der Waals surface area contributed by atoms with E-state index in [1.807, 2.05) is 6.92 Å². The van der Waals surface area contributed by atoms with Crippen LogP contribution in [-0.2, 0) is 14.4 Å². The third-order valence-electron chi connectivity index (χ3n) is 3.56. The van der Waals surface area contributed by atoms with Crippen LogP contribution in [0.3, 0.4) is 0 Å². The Hall–Kier alpha value is -1.30. The van der Waals surface area contributed by atoms with Crippen molar-refractivity contribution in [3.05, 3.63) is 0 Å². The molecule has 0 aromatic carbocycles. The van der Waals surface area contributed by atoms with Crippen LogP contribution in [0.2, 0.25) is 0 Å². The second-order valence-corrected chi connectivity index (χ2v) is 5.28. The van der Waals surface area contributed by atoms with Crippen LogP contribution >= 0.6 is 0 Å². The van der Waals surface area contributed by atoms with E-state index in [9.17, 15) is 9.59 Å². The lowest BCUT2D eigenvalue weighted by Crippen LogP contribution is -2.36. The molecule has 20 heavy (non-hydrogen) atoms. The van der Waals surface area contributed by atoms with E-state index in [0.717, 1.165) is 38.5 Å². The van der Waals surface area contributed by atoms with Crippen molar-refractivity contribution in [2.24, 2.45) is 5.92 Å². The maximum absolute atomic E-state index is 11.3. The molecule has 1 saturated carbocycles. The normalized spacial score (nSPS) is 17.4. The number of amides is 1. The molecule has 116 valence electrons. The number of carbonyl (C=O) groups is 2. The Kier molecular flexibility index (Phi) is 8.02. The van der Waals surface area contributed by atoms with Crippen LogP contribution in [0.5, 0.6) is 0 Å². The molecule has 0 spiro atoms. The van der Waals surface area contributed by atoms with E-state index < -0.39 is 18.2 Å². The van der Waals surface area contributed by atoms with Gasteiger partial charge >= 0.3 is 12.1 Å². The Bertz CT molecular complexity index is 302. The molecule has 0 aromatic heterocycles. The second kappa shape index (κ2) is 9.58. The summed E-state index contributed by atoms with van der Waals surface area (Å²) in [6.07, 6.45) is 5.98. The van der Waals surface area contributed by atoms with Gasteiger partial charge in [0.25, 0.3) is 0 Å². The molecule has 2 N–H and O–H groups in total. The number of carbonyl (C=O) groups excluding carboxylic acids is 1. The zero-order chi connectivity index (χ0) is 14.8. The van der Waals surface area contributed by atoms with Gasteiger partial charge in [-0.2, -0.15) is 5.48 Å². The number of ether oxygens (including phenoxy) is 1. The van der Waals surface area contributed by atoms with E-state index in [1.54, 1.807) is 0 Å². The second-order valence-electron chi connectivity index (χ2n) is 5.28. The Morgan fingerprint density at radius 1 is 1.30 bits per heavy atom. The molecule has 0 heterocycles. The first-order valence-corrected chi connectivity index (χ1v) is 7.44. The standard InChI is InChI=1S/C14H25NO5/c1-2-3-9-19-14(18)15-20-12(13(16)17)10-11-7-5-4-6-8-11/h11-12H,2-10H2,1H3,(H,15,18)(H,16,17)/t12-/m1/s1. The van der Waals surface area contributed by atoms with Crippen molar-refractivity contribution in [1.29, 1.82) is 0 Å². The molecule has 0 bridgehead atoms. The minimum Gasteiger partial charge on any atom is -0.479 e. The van der Waals surface area contributed by atoms with Gasteiger partial charge in [-0.25, -0.2) is 9.59 Å². The lowest BCUT2D eigenvalue weighted by molar-refractivity contribution is -0.156. The number of aliphatic carboxylic acids is 1. The van der Waals surface area contributed by atoms with Gasteiger partial charge in [-0.1, -0.05) is 45.4 Å². The summed E-state index contributed by atoms with van der Waals surface area (Å²) >= 11 is 0. The van der Waals surface area contributed by atoms with Gasteiger partial charge in [-0.15, -0.1) is 0 Å². The smallest absolute Gasteiger partial charge is 0.431 e. The number of rotatable bonds is 8. The molecule has 6 nitrogen and oxygen atoms in total. The molecule has 0 unspecified atom stereocenters. The number of carboxylic acid groups (broad SMARTS) is 1. The summed E-state index contributed by atoms with van der Waals surface area (Å²) in [5.41, 5.74) is 2.07. The van der Waals surface area contributed by atoms with Gasteiger partial charge in [0.05, 0.1) is 6.61 Å². The van der Waals surface area contributed by atoms with Crippen LogP contribution < -0.4 is 5.48 Å². The fourth-order valence-corrected chi connectivity index (χ4v) is 2.38. The number of hydrogen-bond acceptors (Lipinski definition) is 4. The number of hydroxylamine groups is 1. The third kappa shape index (κ3) is 6.75. The molecule has 6 heteroatoms. The van der Waals surface area contributed by atoms with Crippen LogP contribution in [0.4, 0.5) is 4.79 Å². The number of carboxylic acids is 1. The fourth-order valence-electron chi connectivity index (χ4n) is 2.38. The van der Waals surface area contributed by atoms with Gasteiger partial charge in [0.15, 0.2) is 6.10 Å². The van der Waals surface area contributed by atoms with Gasteiger partial charge in [0.2, 0.25) is 0 Å². The van der Waals surface area contributed by atoms with Crippen molar-refractivity contribution in [2.75, 3.05) is 6.61 Å². The molecular weight excluding hydrogens is 262 g/mol. The molecular formula is C14H25NO5. The van der Waals surface area contributed by atoms with Gasteiger partial charge in [0, 0.05) is 0 Å². The van der Waals surface area contributed by atoms with E-state index in [1.165, 1.54) is 6.42 Å². The van der Waals surface area contributed by atoms with E-state index >= 15 is 0 Å². The molecule has 0 radical (unpaired) electrons. The first-order valence-electron chi connectivity index (χ1n) is 7.44.